The van der Waals surface area contributed by atoms with Gasteiger partial charge < -0.3 is 19.8 Å². The molecule has 0 aliphatic rings. The molecule has 0 saturated carbocycles. The van der Waals surface area contributed by atoms with Gasteiger partial charge in [-0.15, -0.1) is 0 Å². The lowest BCUT2D eigenvalue weighted by Crippen LogP contribution is -2.20. The van der Waals surface area contributed by atoms with E-state index in [9.17, 15) is 33.0 Å². The van der Waals surface area contributed by atoms with Gasteiger partial charge in [-0.3, -0.25) is 4.79 Å². The molecule has 6 nitrogen and oxygen atoms in total. The molecule has 0 unspecified atom stereocenters. The molecule has 0 saturated heterocycles. The van der Waals surface area contributed by atoms with Crippen molar-refractivity contribution in [3.05, 3.63) is 81.8 Å². The average Bonchev–Trinajstić information content (AvgIpc) is 3.16. The van der Waals surface area contributed by atoms with E-state index in [1.807, 2.05) is 0 Å². The second kappa shape index (κ2) is 7.60. The van der Waals surface area contributed by atoms with Gasteiger partial charge in [-0.2, -0.15) is 13.2 Å². The molecule has 9 heteroatoms. The highest BCUT2D eigenvalue weighted by molar-refractivity contribution is 5.92. The molecule has 0 spiro atoms. The molecule has 0 amide bonds. The van der Waals surface area contributed by atoms with Crippen LogP contribution < -0.4 is 5.56 Å². The smallest absolute Gasteiger partial charge is 0.416 e. The largest absolute Gasteiger partial charge is 0.506 e. The predicted molar refractivity (Wildman–Crippen MR) is 112 cm³/mol. The first-order valence-corrected chi connectivity index (χ1v) is 9.62. The molecule has 0 atom stereocenters. The molecule has 4 aromatic rings. The number of aromatic nitrogens is 2. The van der Waals surface area contributed by atoms with Gasteiger partial charge >= 0.3 is 12.1 Å². The van der Waals surface area contributed by atoms with Crippen molar-refractivity contribution in [3.63, 3.8) is 0 Å². The van der Waals surface area contributed by atoms with E-state index in [-0.39, 0.29) is 6.42 Å². The number of nitrogens with zero attached hydrogens (tertiary/aromatic N) is 1. The van der Waals surface area contributed by atoms with Crippen molar-refractivity contribution in [2.45, 2.75) is 19.5 Å². The van der Waals surface area contributed by atoms with E-state index in [0.717, 1.165) is 23.0 Å². The standard InChI is InChI=1S/C23H17F3N2O4/c1-2-16-19(27-21(30)18(20(16)29)22(31)32)13-3-8-17-12(11-13)9-10-28(17)15-6-4-14(5-7-15)23(24,25)26/h3-11H,2H2,1H3,(H,31,32)(H2,27,29,30). The number of aromatic hydroxyl groups is 1. The summed E-state index contributed by atoms with van der Waals surface area (Å²) < 4.78 is 40.2. The third-order valence-electron chi connectivity index (χ3n) is 5.31. The second-order valence-corrected chi connectivity index (χ2v) is 7.19. The molecule has 0 radical (unpaired) electrons. The topological polar surface area (TPSA) is 95.3 Å². The van der Waals surface area contributed by atoms with Crippen molar-refractivity contribution in [2.75, 3.05) is 0 Å². The maximum absolute atomic E-state index is 12.8. The molecule has 0 aliphatic heterocycles. The van der Waals surface area contributed by atoms with Crippen LogP contribution in [0.25, 0.3) is 27.8 Å². The number of hydrogen-bond donors (Lipinski definition) is 3. The van der Waals surface area contributed by atoms with Gasteiger partial charge in [-0.1, -0.05) is 13.0 Å². The Morgan fingerprint density at radius 2 is 1.78 bits per heavy atom. The molecule has 0 aliphatic carbocycles. The van der Waals surface area contributed by atoms with Crippen LogP contribution in [0.1, 0.15) is 28.4 Å². The summed E-state index contributed by atoms with van der Waals surface area (Å²) in [6.07, 6.45) is -2.42. The van der Waals surface area contributed by atoms with E-state index in [4.69, 9.17) is 0 Å². The van der Waals surface area contributed by atoms with E-state index >= 15 is 0 Å². The Bertz CT molecular complexity index is 1400. The van der Waals surface area contributed by atoms with Crippen LogP contribution in [0, 0.1) is 0 Å². The van der Waals surface area contributed by atoms with Gasteiger partial charge in [-0.25, -0.2) is 4.79 Å². The fraction of sp³-hybridized carbons (Fsp3) is 0.130. The molecule has 32 heavy (non-hydrogen) atoms. The molecule has 2 heterocycles. The molecule has 2 aromatic heterocycles. The summed E-state index contributed by atoms with van der Waals surface area (Å²) in [6.45, 7) is 1.72. The number of carboxylic acid groups (broad SMARTS) is 1. The molecule has 3 N–H and O–H groups in total. The van der Waals surface area contributed by atoms with Crippen molar-refractivity contribution < 1.29 is 28.2 Å². The number of aromatic amines is 1. The molecular formula is C23H17F3N2O4. The van der Waals surface area contributed by atoms with Crippen LogP contribution in [0.4, 0.5) is 13.2 Å². The number of carbonyl (C=O) groups is 1. The van der Waals surface area contributed by atoms with Gasteiger partial charge in [0.05, 0.1) is 16.8 Å². The Kier molecular flexibility index (Phi) is 5.04. The fourth-order valence-electron chi connectivity index (χ4n) is 3.75. The summed E-state index contributed by atoms with van der Waals surface area (Å²) in [4.78, 5) is 26.1. The molecule has 4 rings (SSSR count). The van der Waals surface area contributed by atoms with E-state index in [1.165, 1.54) is 12.1 Å². The summed E-state index contributed by atoms with van der Waals surface area (Å²) in [5.41, 5.74) is 0.0779. The minimum atomic E-state index is -4.41. The Hall–Kier alpha value is -4.01. The van der Waals surface area contributed by atoms with Crippen molar-refractivity contribution in [2.24, 2.45) is 0 Å². The first-order valence-electron chi connectivity index (χ1n) is 9.62. The highest BCUT2D eigenvalue weighted by Gasteiger charge is 2.30. The first kappa shape index (κ1) is 21.2. The zero-order chi connectivity index (χ0) is 23.2. The number of H-pyrrole nitrogens is 1. The summed E-state index contributed by atoms with van der Waals surface area (Å²) in [5.74, 6) is -2.09. The summed E-state index contributed by atoms with van der Waals surface area (Å²) in [5, 5.41) is 20.3. The van der Waals surface area contributed by atoms with Gasteiger partial charge in [0.1, 0.15) is 5.75 Å². The normalized spacial score (nSPS) is 11.8. The Labute approximate surface area is 179 Å². The lowest BCUT2D eigenvalue weighted by molar-refractivity contribution is -0.137. The lowest BCUT2D eigenvalue weighted by Gasteiger charge is -2.13. The Morgan fingerprint density at radius 1 is 1.09 bits per heavy atom. The number of pyridine rings is 1. The van der Waals surface area contributed by atoms with Crippen molar-refractivity contribution in [1.29, 1.82) is 0 Å². The quantitative estimate of drug-likeness (QED) is 0.416. The minimum absolute atomic E-state index is 0.281. The zero-order valence-corrected chi connectivity index (χ0v) is 16.7. The fourth-order valence-corrected chi connectivity index (χ4v) is 3.75. The molecule has 2 aromatic carbocycles. The number of halogens is 3. The van der Waals surface area contributed by atoms with E-state index in [1.54, 1.807) is 42.0 Å². The van der Waals surface area contributed by atoms with Gasteiger partial charge in [0.2, 0.25) is 0 Å². The molecular weight excluding hydrogens is 425 g/mol. The number of rotatable bonds is 4. The first-order chi connectivity index (χ1) is 15.1. The highest BCUT2D eigenvalue weighted by atomic mass is 19.4. The summed E-state index contributed by atoms with van der Waals surface area (Å²) >= 11 is 0. The number of nitrogens with one attached hydrogen (secondary N) is 1. The number of carboxylic acids is 1. The average molecular weight is 442 g/mol. The van der Waals surface area contributed by atoms with Crippen LogP contribution in [-0.2, 0) is 12.6 Å². The van der Waals surface area contributed by atoms with Crippen LogP contribution in [0.2, 0.25) is 0 Å². The number of benzene rings is 2. The van der Waals surface area contributed by atoms with Crippen molar-refractivity contribution in [3.8, 4) is 22.7 Å². The van der Waals surface area contributed by atoms with Crippen LogP contribution in [0.3, 0.4) is 0 Å². The number of aromatic carboxylic acids is 1. The van der Waals surface area contributed by atoms with E-state index < -0.39 is 34.6 Å². The minimum Gasteiger partial charge on any atom is -0.506 e. The zero-order valence-electron chi connectivity index (χ0n) is 16.7. The Morgan fingerprint density at radius 3 is 2.38 bits per heavy atom. The molecule has 0 fully saturated rings. The highest BCUT2D eigenvalue weighted by Crippen LogP contribution is 2.33. The molecule has 0 bridgehead atoms. The predicted octanol–water partition coefficient (Wildman–Crippen LogP) is 4.97. The summed E-state index contributed by atoms with van der Waals surface area (Å²) in [6, 6.07) is 11.7. The SMILES string of the molecule is CCc1c(-c2ccc3c(ccn3-c3ccc(C(F)(F)F)cc3)c2)[nH]c(=O)c(C(=O)O)c1O. The maximum atomic E-state index is 12.8. The number of fused-ring (bicyclic) bond motifs is 1. The van der Waals surface area contributed by atoms with Crippen LogP contribution in [-0.4, -0.2) is 25.7 Å². The monoisotopic (exact) mass is 442 g/mol. The van der Waals surface area contributed by atoms with E-state index in [2.05, 4.69) is 4.98 Å². The van der Waals surface area contributed by atoms with Gasteiger partial charge in [-0.05, 0) is 54.4 Å². The second-order valence-electron chi connectivity index (χ2n) is 7.19. The third-order valence-corrected chi connectivity index (χ3v) is 5.31. The maximum Gasteiger partial charge on any atom is 0.416 e. The summed E-state index contributed by atoms with van der Waals surface area (Å²) in [7, 11) is 0. The van der Waals surface area contributed by atoms with Crippen molar-refractivity contribution in [1.82, 2.24) is 9.55 Å². The third kappa shape index (κ3) is 3.51. The number of alkyl halides is 3. The Balaban J connectivity index is 1.80. The van der Waals surface area contributed by atoms with Crippen molar-refractivity contribution >= 4 is 16.9 Å². The number of hydrogen-bond acceptors (Lipinski definition) is 3. The van der Waals surface area contributed by atoms with Gasteiger partial charge in [0, 0.05) is 22.8 Å². The molecule has 164 valence electrons. The van der Waals surface area contributed by atoms with Crippen LogP contribution in [0.5, 0.6) is 5.75 Å². The van der Waals surface area contributed by atoms with Crippen LogP contribution in [0.15, 0.2) is 59.5 Å². The van der Waals surface area contributed by atoms with Gasteiger partial charge in [0.25, 0.3) is 5.56 Å². The lowest BCUT2D eigenvalue weighted by atomic mass is 9.99. The van der Waals surface area contributed by atoms with Gasteiger partial charge in [0.15, 0.2) is 5.56 Å². The van der Waals surface area contributed by atoms with E-state index in [0.29, 0.717) is 22.5 Å². The van der Waals surface area contributed by atoms with Crippen LogP contribution >= 0.6 is 0 Å².